The average molecular weight is 487 g/mol. The van der Waals surface area contributed by atoms with Gasteiger partial charge in [-0.15, -0.1) is 0 Å². The van der Waals surface area contributed by atoms with Crippen LogP contribution in [0.4, 0.5) is 19.7 Å². The van der Waals surface area contributed by atoms with E-state index in [2.05, 4.69) is 10.6 Å². The summed E-state index contributed by atoms with van der Waals surface area (Å²) in [6.07, 6.45) is -2.05. The Morgan fingerprint density at radius 2 is 1.83 bits per heavy atom. The van der Waals surface area contributed by atoms with Gasteiger partial charge in [-0.2, -0.15) is 0 Å². The molecule has 11 heteroatoms. The number of halogens is 1. The second-order valence-corrected chi connectivity index (χ2v) is 8.88. The highest BCUT2D eigenvalue weighted by atomic mass is 19.1. The Kier molecular flexibility index (Phi) is 7.58. The number of anilines is 1. The number of carbonyl (C=O) groups excluding carboxylic acids is 4. The molecule has 1 aliphatic rings. The third kappa shape index (κ3) is 6.92. The summed E-state index contributed by atoms with van der Waals surface area (Å²) in [4.78, 5) is 48.3. The topological polar surface area (TPSA) is 140 Å². The molecule has 0 spiro atoms. The Morgan fingerprint density at radius 3 is 2.43 bits per heavy atom. The molecule has 0 radical (unpaired) electrons. The number of nitrogens with one attached hydrogen (secondary N) is 2. The first-order valence-electron chi connectivity index (χ1n) is 10.8. The van der Waals surface area contributed by atoms with Crippen LogP contribution in [0.15, 0.2) is 42.5 Å². The molecule has 186 valence electrons. The van der Waals surface area contributed by atoms with Crippen molar-refractivity contribution in [2.24, 2.45) is 5.73 Å². The summed E-state index contributed by atoms with van der Waals surface area (Å²) in [5.41, 5.74) is 5.98. The highest BCUT2D eigenvalue weighted by molar-refractivity contribution is 5.93. The van der Waals surface area contributed by atoms with E-state index >= 15 is 0 Å². The van der Waals surface area contributed by atoms with Crippen LogP contribution in [0.1, 0.15) is 31.1 Å². The van der Waals surface area contributed by atoms with Crippen LogP contribution in [-0.2, 0) is 14.3 Å². The quantitative estimate of drug-likeness (QED) is 0.550. The summed E-state index contributed by atoms with van der Waals surface area (Å²) in [6.45, 7) is 4.93. The zero-order valence-electron chi connectivity index (χ0n) is 19.6. The standard InChI is InChI=1S/C24H27FN4O6/c1-24(2,3)35-22(32)28-12-20(30)27-11-17-13-29(23(33)34-17)16-8-9-18(19(25)10-16)14-4-6-15(7-5-14)21(26)31/h4-10,17H,11-13H2,1-3H3,(H2,26,31)(H,27,30)(H,28,32). The molecule has 35 heavy (non-hydrogen) atoms. The Labute approximate surface area is 201 Å². The number of amides is 4. The Balaban J connectivity index is 1.55. The van der Waals surface area contributed by atoms with Gasteiger partial charge in [-0.1, -0.05) is 12.1 Å². The number of hydrogen-bond acceptors (Lipinski definition) is 6. The molecule has 0 aromatic heterocycles. The molecule has 0 saturated carbocycles. The van der Waals surface area contributed by atoms with Crippen LogP contribution in [0, 0.1) is 5.82 Å². The van der Waals surface area contributed by atoms with Gasteiger partial charge in [0, 0.05) is 11.1 Å². The molecule has 1 unspecified atom stereocenters. The maximum absolute atomic E-state index is 14.8. The minimum absolute atomic E-state index is 0.0177. The highest BCUT2D eigenvalue weighted by Crippen LogP contribution is 2.29. The van der Waals surface area contributed by atoms with E-state index in [0.29, 0.717) is 22.4 Å². The number of nitrogens with two attached hydrogens (primary N) is 1. The number of carbonyl (C=O) groups is 4. The molecule has 1 heterocycles. The fraction of sp³-hybridized carbons (Fsp3) is 0.333. The first-order valence-corrected chi connectivity index (χ1v) is 10.8. The summed E-state index contributed by atoms with van der Waals surface area (Å²) >= 11 is 0. The minimum atomic E-state index is -0.722. The Morgan fingerprint density at radius 1 is 1.14 bits per heavy atom. The largest absolute Gasteiger partial charge is 0.444 e. The van der Waals surface area contributed by atoms with E-state index in [1.54, 1.807) is 39.0 Å². The van der Waals surface area contributed by atoms with Crippen LogP contribution in [0.25, 0.3) is 11.1 Å². The lowest BCUT2D eigenvalue weighted by molar-refractivity contribution is -0.120. The zero-order valence-corrected chi connectivity index (χ0v) is 19.6. The molecule has 1 aliphatic heterocycles. The van der Waals surface area contributed by atoms with Crippen LogP contribution in [0.5, 0.6) is 0 Å². The first-order chi connectivity index (χ1) is 16.4. The number of benzene rings is 2. The van der Waals surface area contributed by atoms with Gasteiger partial charge < -0.3 is 25.8 Å². The lowest BCUT2D eigenvalue weighted by Crippen LogP contribution is -2.42. The molecule has 3 rings (SSSR count). The monoisotopic (exact) mass is 486 g/mol. The van der Waals surface area contributed by atoms with Crippen LogP contribution in [-0.4, -0.2) is 55.3 Å². The number of ether oxygens (including phenoxy) is 2. The maximum Gasteiger partial charge on any atom is 0.414 e. The highest BCUT2D eigenvalue weighted by Gasteiger charge is 2.33. The predicted octanol–water partition coefficient (Wildman–Crippen LogP) is 2.56. The number of alkyl carbamates (subject to hydrolysis) is 1. The molecule has 1 atom stereocenters. The van der Waals surface area contributed by atoms with Crippen LogP contribution in [0.3, 0.4) is 0 Å². The molecule has 2 aromatic rings. The van der Waals surface area contributed by atoms with Crippen molar-refractivity contribution in [3.8, 4) is 11.1 Å². The van der Waals surface area contributed by atoms with Crippen molar-refractivity contribution in [1.82, 2.24) is 10.6 Å². The van der Waals surface area contributed by atoms with E-state index in [1.807, 2.05) is 0 Å². The number of cyclic esters (lactones) is 1. The van der Waals surface area contributed by atoms with Gasteiger partial charge in [0.15, 0.2) is 0 Å². The summed E-state index contributed by atoms with van der Waals surface area (Å²) in [5.74, 6) is -1.62. The van der Waals surface area contributed by atoms with Gasteiger partial charge in [0.25, 0.3) is 0 Å². The summed E-state index contributed by atoms with van der Waals surface area (Å²) in [5, 5.41) is 4.91. The van der Waals surface area contributed by atoms with Crippen molar-refractivity contribution in [2.45, 2.75) is 32.5 Å². The third-order valence-corrected chi connectivity index (χ3v) is 4.94. The number of hydrogen-bond donors (Lipinski definition) is 3. The second kappa shape index (κ2) is 10.4. The predicted molar refractivity (Wildman–Crippen MR) is 125 cm³/mol. The van der Waals surface area contributed by atoms with Crippen molar-refractivity contribution in [1.29, 1.82) is 0 Å². The first kappa shape index (κ1) is 25.5. The Bertz CT molecular complexity index is 1130. The molecular formula is C24H27FN4O6. The van der Waals surface area contributed by atoms with Crippen molar-refractivity contribution in [3.63, 3.8) is 0 Å². The number of primary amides is 1. The Hall–Kier alpha value is -4.15. The fourth-order valence-electron chi connectivity index (χ4n) is 3.32. The van der Waals surface area contributed by atoms with Gasteiger partial charge in [0.1, 0.15) is 17.5 Å². The third-order valence-electron chi connectivity index (χ3n) is 4.94. The summed E-state index contributed by atoms with van der Waals surface area (Å²) < 4.78 is 25.1. The lowest BCUT2D eigenvalue weighted by atomic mass is 10.0. The van der Waals surface area contributed by atoms with E-state index < -0.39 is 41.5 Å². The molecule has 1 saturated heterocycles. The second-order valence-electron chi connectivity index (χ2n) is 8.88. The van der Waals surface area contributed by atoms with Gasteiger partial charge in [-0.05, 0) is 56.7 Å². The smallest absolute Gasteiger partial charge is 0.414 e. The van der Waals surface area contributed by atoms with E-state index in [0.717, 1.165) is 0 Å². The van der Waals surface area contributed by atoms with Gasteiger partial charge in [-0.25, -0.2) is 14.0 Å². The SMILES string of the molecule is CC(C)(C)OC(=O)NCC(=O)NCC1CN(c2ccc(-c3ccc(C(N)=O)cc3)c(F)c2)C(=O)O1. The lowest BCUT2D eigenvalue weighted by Gasteiger charge is -2.19. The van der Waals surface area contributed by atoms with Gasteiger partial charge in [-0.3, -0.25) is 14.5 Å². The van der Waals surface area contributed by atoms with Crippen molar-refractivity contribution >= 4 is 29.7 Å². The van der Waals surface area contributed by atoms with Gasteiger partial charge in [0.2, 0.25) is 11.8 Å². The van der Waals surface area contributed by atoms with Crippen molar-refractivity contribution in [2.75, 3.05) is 24.5 Å². The summed E-state index contributed by atoms with van der Waals surface area (Å²) in [6, 6.07) is 10.5. The van der Waals surface area contributed by atoms with E-state index in [1.165, 1.54) is 29.2 Å². The van der Waals surface area contributed by atoms with Crippen LogP contribution >= 0.6 is 0 Å². The van der Waals surface area contributed by atoms with E-state index in [-0.39, 0.29) is 19.6 Å². The van der Waals surface area contributed by atoms with Crippen LogP contribution in [0.2, 0.25) is 0 Å². The maximum atomic E-state index is 14.8. The van der Waals surface area contributed by atoms with Crippen molar-refractivity contribution < 1.29 is 33.0 Å². The molecule has 2 aromatic carbocycles. The van der Waals surface area contributed by atoms with Crippen molar-refractivity contribution in [3.05, 3.63) is 53.8 Å². The van der Waals surface area contributed by atoms with Crippen LogP contribution < -0.4 is 21.3 Å². The summed E-state index contributed by atoms with van der Waals surface area (Å²) in [7, 11) is 0. The van der Waals surface area contributed by atoms with Gasteiger partial charge >= 0.3 is 12.2 Å². The molecule has 4 N–H and O–H groups in total. The van der Waals surface area contributed by atoms with Gasteiger partial charge in [0.05, 0.1) is 25.3 Å². The fourth-order valence-corrected chi connectivity index (χ4v) is 3.32. The average Bonchev–Trinajstić information content (AvgIpc) is 3.15. The zero-order chi connectivity index (χ0) is 25.8. The number of nitrogens with zero attached hydrogens (tertiary/aromatic N) is 1. The molecule has 1 fully saturated rings. The molecule has 4 amide bonds. The molecule has 0 bridgehead atoms. The minimum Gasteiger partial charge on any atom is -0.444 e. The van der Waals surface area contributed by atoms with E-state index in [4.69, 9.17) is 15.2 Å². The molecular weight excluding hydrogens is 459 g/mol. The molecule has 10 nitrogen and oxygen atoms in total. The van der Waals surface area contributed by atoms with E-state index in [9.17, 15) is 23.6 Å². The molecule has 0 aliphatic carbocycles. The number of rotatable bonds is 7. The normalized spacial score (nSPS) is 15.4.